The number of nitrogens with one attached hydrogen (secondary N) is 1. The Hall–Kier alpha value is -0.700. The number of esters is 1. The van der Waals surface area contributed by atoms with Crippen molar-refractivity contribution in [3.8, 4) is 11.8 Å². The molecule has 0 aromatic rings. The van der Waals surface area contributed by atoms with E-state index >= 15 is 0 Å². The molecule has 2 atom stereocenters. The summed E-state index contributed by atoms with van der Waals surface area (Å²) in [5.74, 6) is 4.23. The molecule has 1 saturated heterocycles. The fraction of sp³-hybridized carbons (Fsp3) is 0.700. The molecule has 0 aromatic heterocycles. The largest absolute Gasteiger partial charge is 0.456 e. The number of aliphatic hydroxyl groups is 1. The molecule has 0 spiro atoms. The van der Waals surface area contributed by atoms with Crippen LogP contribution in [-0.4, -0.2) is 41.6 Å². The molecule has 1 heterocycles. The van der Waals surface area contributed by atoms with Crippen LogP contribution in [0.4, 0.5) is 0 Å². The number of piperidine rings is 1. The lowest BCUT2D eigenvalue weighted by Gasteiger charge is -2.33. The van der Waals surface area contributed by atoms with Crippen molar-refractivity contribution >= 4 is 18.6 Å². The van der Waals surface area contributed by atoms with Crippen LogP contribution in [0.15, 0.2) is 0 Å². The predicted molar refractivity (Wildman–Crippen MR) is 59.6 cm³/mol. The number of ether oxygens (including phenoxy) is 1. The Kier molecular flexibility index (Phi) is 4.45. The molecule has 0 saturated carbocycles. The van der Waals surface area contributed by atoms with E-state index in [0.717, 1.165) is 0 Å². The van der Waals surface area contributed by atoms with Crippen LogP contribution in [0.2, 0.25) is 0 Å². The molecule has 1 aliphatic heterocycles. The Balaban J connectivity index is 2.64. The van der Waals surface area contributed by atoms with Crippen LogP contribution in [0.25, 0.3) is 0 Å². The Morgan fingerprint density at radius 2 is 2.53 bits per heavy atom. The zero-order valence-corrected chi connectivity index (χ0v) is 9.51. The zero-order valence-electron chi connectivity index (χ0n) is 8.62. The molecular formula is C10H15NO3S. The third-order valence-corrected chi connectivity index (χ3v) is 2.84. The summed E-state index contributed by atoms with van der Waals surface area (Å²) in [5, 5.41) is 12.9. The minimum Gasteiger partial charge on any atom is -0.456 e. The Bertz CT molecular complexity index is 297. The minimum atomic E-state index is -1.19. The van der Waals surface area contributed by atoms with Crippen LogP contribution in [0.1, 0.15) is 13.3 Å². The fourth-order valence-electron chi connectivity index (χ4n) is 1.33. The van der Waals surface area contributed by atoms with Gasteiger partial charge in [0.25, 0.3) is 0 Å². The van der Waals surface area contributed by atoms with Crippen molar-refractivity contribution in [3.63, 3.8) is 0 Å². The van der Waals surface area contributed by atoms with Crippen LogP contribution in [-0.2, 0) is 9.53 Å². The summed E-state index contributed by atoms with van der Waals surface area (Å²) in [5.41, 5.74) is -1.19. The molecule has 4 nitrogen and oxygen atoms in total. The zero-order chi connectivity index (χ0) is 11.3. The van der Waals surface area contributed by atoms with Gasteiger partial charge in [0.1, 0.15) is 5.60 Å². The first kappa shape index (κ1) is 12.4. The highest BCUT2D eigenvalue weighted by molar-refractivity contribution is 7.81. The summed E-state index contributed by atoms with van der Waals surface area (Å²) < 4.78 is 4.65. The van der Waals surface area contributed by atoms with Gasteiger partial charge in [0.15, 0.2) is 0 Å². The molecule has 0 bridgehead atoms. The molecule has 0 radical (unpaired) electrons. The van der Waals surface area contributed by atoms with Gasteiger partial charge in [-0.25, -0.2) is 4.79 Å². The summed E-state index contributed by atoms with van der Waals surface area (Å²) >= 11 is 4.23. The summed E-state index contributed by atoms with van der Waals surface area (Å²) in [6.45, 7) is 3.25. The maximum absolute atomic E-state index is 11.0. The molecule has 1 fully saturated rings. The molecule has 5 heteroatoms. The predicted octanol–water partition coefficient (Wildman–Crippen LogP) is -0.424. The molecule has 15 heavy (non-hydrogen) atoms. The molecule has 1 aliphatic rings. The van der Waals surface area contributed by atoms with E-state index in [9.17, 15) is 9.90 Å². The van der Waals surface area contributed by atoms with Crippen molar-refractivity contribution in [1.82, 2.24) is 5.32 Å². The van der Waals surface area contributed by atoms with E-state index in [-0.39, 0.29) is 11.9 Å². The molecule has 84 valence electrons. The highest BCUT2D eigenvalue weighted by Crippen LogP contribution is 2.21. The molecule has 0 aromatic carbocycles. The SMILES string of the molecule is CCOC(=O)C#CC1(O)CCNCC1S. The first-order valence-electron chi connectivity index (χ1n) is 4.89. The highest BCUT2D eigenvalue weighted by atomic mass is 32.1. The van der Waals surface area contributed by atoms with E-state index in [4.69, 9.17) is 0 Å². The third-order valence-electron chi connectivity index (χ3n) is 2.23. The number of hydrogen-bond acceptors (Lipinski definition) is 5. The van der Waals surface area contributed by atoms with E-state index in [1.165, 1.54) is 0 Å². The van der Waals surface area contributed by atoms with Gasteiger partial charge in [0.2, 0.25) is 0 Å². The van der Waals surface area contributed by atoms with E-state index in [1.54, 1.807) is 6.92 Å². The first-order valence-corrected chi connectivity index (χ1v) is 5.41. The van der Waals surface area contributed by atoms with Gasteiger partial charge >= 0.3 is 5.97 Å². The quantitative estimate of drug-likeness (QED) is 0.247. The normalized spacial score (nSPS) is 30.2. The lowest BCUT2D eigenvalue weighted by molar-refractivity contribution is -0.136. The number of carbonyl (C=O) groups excluding carboxylic acids is 1. The second-order valence-corrected chi connectivity index (χ2v) is 3.99. The van der Waals surface area contributed by atoms with E-state index in [1.807, 2.05) is 0 Å². The van der Waals surface area contributed by atoms with Crippen LogP contribution in [0.5, 0.6) is 0 Å². The van der Waals surface area contributed by atoms with Crippen LogP contribution < -0.4 is 5.32 Å². The smallest absolute Gasteiger partial charge is 0.384 e. The Morgan fingerprint density at radius 1 is 1.80 bits per heavy atom. The lowest BCUT2D eigenvalue weighted by atomic mass is 9.92. The van der Waals surface area contributed by atoms with Gasteiger partial charge in [0.05, 0.1) is 11.9 Å². The van der Waals surface area contributed by atoms with Crippen LogP contribution in [0.3, 0.4) is 0 Å². The van der Waals surface area contributed by atoms with E-state index < -0.39 is 11.6 Å². The second-order valence-electron chi connectivity index (χ2n) is 3.36. The van der Waals surface area contributed by atoms with E-state index in [0.29, 0.717) is 19.5 Å². The third kappa shape index (κ3) is 3.42. The summed E-state index contributed by atoms with van der Waals surface area (Å²) in [6, 6.07) is 0. The summed E-state index contributed by atoms with van der Waals surface area (Å²) in [6.07, 6.45) is 0.466. The van der Waals surface area contributed by atoms with Gasteiger partial charge in [-0.2, -0.15) is 12.6 Å². The molecular weight excluding hydrogens is 214 g/mol. The molecule has 0 amide bonds. The van der Waals surface area contributed by atoms with Crippen molar-refractivity contribution in [2.45, 2.75) is 24.2 Å². The summed E-state index contributed by atoms with van der Waals surface area (Å²) in [4.78, 5) is 11.0. The minimum absolute atomic E-state index is 0.284. The molecule has 0 aliphatic carbocycles. The average molecular weight is 229 g/mol. The van der Waals surface area contributed by atoms with Crippen molar-refractivity contribution in [2.24, 2.45) is 0 Å². The maximum Gasteiger partial charge on any atom is 0.384 e. The highest BCUT2D eigenvalue weighted by Gasteiger charge is 2.35. The van der Waals surface area contributed by atoms with Crippen molar-refractivity contribution in [2.75, 3.05) is 19.7 Å². The van der Waals surface area contributed by atoms with Crippen LogP contribution >= 0.6 is 12.6 Å². The molecule has 1 rings (SSSR count). The maximum atomic E-state index is 11.0. The fourth-order valence-corrected chi connectivity index (χ4v) is 1.65. The Labute approximate surface area is 94.8 Å². The van der Waals surface area contributed by atoms with Gasteiger partial charge < -0.3 is 15.2 Å². The van der Waals surface area contributed by atoms with Crippen molar-refractivity contribution in [3.05, 3.63) is 0 Å². The van der Waals surface area contributed by atoms with Gasteiger partial charge in [-0.3, -0.25) is 0 Å². The number of carbonyl (C=O) groups is 1. The molecule has 2 unspecified atom stereocenters. The van der Waals surface area contributed by atoms with Gasteiger partial charge in [0, 0.05) is 18.9 Å². The van der Waals surface area contributed by atoms with Gasteiger partial charge in [-0.1, -0.05) is 5.92 Å². The number of thiol groups is 1. The average Bonchev–Trinajstić information content (AvgIpc) is 2.21. The number of rotatable bonds is 1. The number of hydrogen-bond donors (Lipinski definition) is 3. The van der Waals surface area contributed by atoms with Gasteiger partial charge in [-0.15, -0.1) is 0 Å². The molecule has 2 N–H and O–H groups in total. The van der Waals surface area contributed by atoms with Crippen LogP contribution in [0, 0.1) is 11.8 Å². The van der Waals surface area contributed by atoms with Gasteiger partial charge in [-0.05, 0) is 13.5 Å². The first-order chi connectivity index (χ1) is 7.08. The summed E-state index contributed by atoms with van der Waals surface area (Å²) in [7, 11) is 0. The van der Waals surface area contributed by atoms with E-state index in [2.05, 4.69) is 34.5 Å². The monoisotopic (exact) mass is 229 g/mol. The lowest BCUT2D eigenvalue weighted by Crippen LogP contribution is -2.50. The standard InChI is InChI=1S/C10H15NO3S/c1-2-14-9(12)3-4-10(13)5-6-11-7-8(10)15/h8,11,13,15H,2,5-7H2,1H3. The second kappa shape index (κ2) is 5.40. The Morgan fingerprint density at radius 3 is 3.13 bits per heavy atom. The van der Waals surface area contributed by atoms with Crippen molar-refractivity contribution < 1.29 is 14.6 Å². The topological polar surface area (TPSA) is 58.6 Å². The van der Waals surface area contributed by atoms with Crippen molar-refractivity contribution in [1.29, 1.82) is 0 Å².